The minimum atomic E-state index is -3.02. The van der Waals surface area contributed by atoms with E-state index in [1.165, 1.54) is 4.90 Å². The highest BCUT2D eigenvalue weighted by molar-refractivity contribution is 7.91. The van der Waals surface area contributed by atoms with Crippen LogP contribution in [0.4, 0.5) is 0 Å². The van der Waals surface area contributed by atoms with E-state index in [0.29, 0.717) is 0 Å². The summed E-state index contributed by atoms with van der Waals surface area (Å²) in [7, 11) is -3.02. The summed E-state index contributed by atoms with van der Waals surface area (Å²) in [6.45, 7) is 0.211. The van der Waals surface area contributed by atoms with Crippen LogP contribution < -0.4 is 0 Å². The molecule has 1 fully saturated rings. The summed E-state index contributed by atoms with van der Waals surface area (Å²) < 4.78 is 22.0. The number of carbonyl (C=O) groups is 2. The molecule has 1 amide bonds. The summed E-state index contributed by atoms with van der Waals surface area (Å²) >= 11 is 0. The quantitative estimate of drug-likeness (QED) is 0.586. The first-order valence-electron chi connectivity index (χ1n) is 4.11. The topological polar surface area (TPSA) is 91.8 Å². The van der Waals surface area contributed by atoms with Crippen LogP contribution in [-0.4, -0.2) is 54.9 Å². The highest BCUT2D eigenvalue weighted by Crippen LogP contribution is 2.05. The zero-order valence-corrected chi connectivity index (χ0v) is 8.29. The Balaban J connectivity index is 2.50. The Labute approximate surface area is 81.4 Å². The Morgan fingerprint density at radius 2 is 1.71 bits per heavy atom. The molecule has 6 nitrogen and oxygen atoms in total. The minimum absolute atomic E-state index is 0.0711. The van der Waals surface area contributed by atoms with Crippen molar-refractivity contribution >= 4 is 21.7 Å². The van der Waals surface area contributed by atoms with Gasteiger partial charge in [0.2, 0.25) is 5.91 Å². The SMILES string of the molecule is O=C(O)CC(=O)N1CCS(=O)(=O)CC1. The smallest absolute Gasteiger partial charge is 0.312 e. The molecule has 0 aromatic rings. The van der Waals surface area contributed by atoms with Crippen LogP contribution in [0.5, 0.6) is 0 Å². The van der Waals surface area contributed by atoms with Gasteiger partial charge in [-0.3, -0.25) is 9.59 Å². The van der Waals surface area contributed by atoms with Crippen molar-refractivity contribution in [3.05, 3.63) is 0 Å². The minimum Gasteiger partial charge on any atom is -0.481 e. The summed E-state index contributed by atoms with van der Waals surface area (Å²) in [5, 5.41) is 8.35. The molecule has 1 aliphatic rings. The van der Waals surface area contributed by atoms with Crippen LogP contribution in [0.2, 0.25) is 0 Å². The fraction of sp³-hybridized carbons (Fsp3) is 0.714. The Bertz CT molecular complexity index is 333. The van der Waals surface area contributed by atoms with Crippen molar-refractivity contribution in [3.8, 4) is 0 Å². The molecule has 80 valence electrons. The molecule has 14 heavy (non-hydrogen) atoms. The highest BCUT2D eigenvalue weighted by atomic mass is 32.2. The van der Waals surface area contributed by atoms with Gasteiger partial charge in [0.05, 0.1) is 11.5 Å². The second-order valence-electron chi connectivity index (χ2n) is 3.10. The van der Waals surface area contributed by atoms with Crippen LogP contribution >= 0.6 is 0 Å². The summed E-state index contributed by atoms with van der Waals surface area (Å²) in [6, 6.07) is 0. The first-order valence-corrected chi connectivity index (χ1v) is 5.93. The van der Waals surface area contributed by atoms with Crippen LogP contribution in [-0.2, 0) is 19.4 Å². The third kappa shape index (κ3) is 2.99. The van der Waals surface area contributed by atoms with Crippen LogP contribution in [0.3, 0.4) is 0 Å². The fourth-order valence-electron chi connectivity index (χ4n) is 1.20. The molecule has 1 rings (SSSR count). The van der Waals surface area contributed by atoms with Gasteiger partial charge in [-0.2, -0.15) is 0 Å². The molecule has 0 bridgehead atoms. The van der Waals surface area contributed by atoms with Gasteiger partial charge in [-0.1, -0.05) is 0 Å². The summed E-state index contributed by atoms with van der Waals surface area (Å²) in [5.41, 5.74) is 0. The zero-order valence-electron chi connectivity index (χ0n) is 7.47. The third-order valence-electron chi connectivity index (χ3n) is 2.00. The van der Waals surface area contributed by atoms with E-state index in [1.54, 1.807) is 0 Å². The van der Waals surface area contributed by atoms with E-state index in [4.69, 9.17) is 5.11 Å². The van der Waals surface area contributed by atoms with Crippen molar-refractivity contribution < 1.29 is 23.1 Å². The second-order valence-corrected chi connectivity index (χ2v) is 5.41. The average Bonchev–Trinajstić information content (AvgIpc) is 2.02. The van der Waals surface area contributed by atoms with Crippen molar-refractivity contribution in [1.29, 1.82) is 0 Å². The fourth-order valence-corrected chi connectivity index (χ4v) is 2.40. The van der Waals surface area contributed by atoms with Crippen LogP contribution in [0.1, 0.15) is 6.42 Å². The number of carboxylic acid groups (broad SMARTS) is 1. The lowest BCUT2D eigenvalue weighted by Gasteiger charge is -2.26. The number of hydrogen-bond acceptors (Lipinski definition) is 4. The lowest BCUT2D eigenvalue weighted by atomic mass is 10.3. The Morgan fingerprint density at radius 1 is 1.21 bits per heavy atom. The average molecular weight is 221 g/mol. The second kappa shape index (κ2) is 3.95. The van der Waals surface area contributed by atoms with Gasteiger partial charge < -0.3 is 10.0 Å². The summed E-state index contributed by atoms with van der Waals surface area (Å²) in [6.07, 6.45) is -0.569. The number of hydrogen-bond donors (Lipinski definition) is 1. The molecule has 1 saturated heterocycles. The molecule has 0 unspecified atom stereocenters. The maximum atomic E-state index is 11.2. The largest absolute Gasteiger partial charge is 0.481 e. The molecule has 1 heterocycles. The first-order chi connectivity index (χ1) is 6.41. The first kappa shape index (κ1) is 11.0. The lowest BCUT2D eigenvalue weighted by molar-refractivity contribution is -0.144. The van der Waals surface area contributed by atoms with Crippen LogP contribution in [0.15, 0.2) is 0 Å². The molecular formula is C7H11NO5S. The maximum absolute atomic E-state index is 11.2. The molecule has 7 heteroatoms. The number of nitrogens with zero attached hydrogens (tertiary/aromatic N) is 1. The van der Waals surface area contributed by atoms with Crippen molar-refractivity contribution in [2.24, 2.45) is 0 Å². The van der Waals surface area contributed by atoms with E-state index in [2.05, 4.69) is 0 Å². The van der Waals surface area contributed by atoms with Gasteiger partial charge in [-0.15, -0.1) is 0 Å². The van der Waals surface area contributed by atoms with Gasteiger partial charge in [0.15, 0.2) is 9.84 Å². The Kier molecular flexibility index (Phi) is 3.10. The number of sulfone groups is 1. The van der Waals surface area contributed by atoms with Crippen molar-refractivity contribution in [2.45, 2.75) is 6.42 Å². The maximum Gasteiger partial charge on any atom is 0.312 e. The molecule has 1 N–H and O–H groups in total. The normalized spacial score (nSPS) is 20.4. The van der Waals surface area contributed by atoms with Gasteiger partial charge in [-0.25, -0.2) is 8.42 Å². The standard InChI is InChI=1S/C7H11NO5S/c9-6(5-7(10)11)8-1-3-14(12,13)4-2-8/h1-5H2,(H,10,11). The van der Waals surface area contributed by atoms with Gasteiger partial charge in [-0.05, 0) is 0 Å². The van der Waals surface area contributed by atoms with Gasteiger partial charge in [0.1, 0.15) is 6.42 Å². The van der Waals surface area contributed by atoms with E-state index in [9.17, 15) is 18.0 Å². The number of rotatable bonds is 2. The number of aliphatic carboxylic acids is 1. The molecule has 0 spiro atoms. The van der Waals surface area contributed by atoms with E-state index >= 15 is 0 Å². The number of carbonyl (C=O) groups excluding carboxylic acids is 1. The number of amides is 1. The Morgan fingerprint density at radius 3 is 2.14 bits per heavy atom. The third-order valence-corrected chi connectivity index (χ3v) is 3.61. The van der Waals surface area contributed by atoms with E-state index < -0.39 is 28.1 Å². The highest BCUT2D eigenvalue weighted by Gasteiger charge is 2.25. The van der Waals surface area contributed by atoms with Crippen molar-refractivity contribution in [3.63, 3.8) is 0 Å². The molecule has 0 saturated carbocycles. The van der Waals surface area contributed by atoms with E-state index in [-0.39, 0.29) is 24.6 Å². The predicted octanol–water partition coefficient (Wildman–Crippen LogP) is -1.28. The predicted molar refractivity (Wildman–Crippen MR) is 47.5 cm³/mol. The molecule has 0 aromatic heterocycles. The molecule has 1 aliphatic heterocycles. The monoisotopic (exact) mass is 221 g/mol. The van der Waals surface area contributed by atoms with Crippen LogP contribution in [0, 0.1) is 0 Å². The van der Waals surface area contributed by atoms with Gasteiger partial charge in [0.25, 0.3) is 0 Å². The van der Waals surface area contributed by atoms with Crippen molar-refractivity contribution in [1.82, 2.24) is 4.90 Å². The lowest BCUT2D eigenvalue weighted by Crippen LogP contribution is -2.44. The number of carboxylic acids is 1. The molecule has 0 aromatic carbocycles. The van der Waals surface area contributed by atoms with E-state index in [1.807, 2.05) is 0 Å². The Hall–Kier alpha value is -1.11. The van der Waals surface area contributed by atoms with Crippen molar-refractivity contribution in [2.75, 3.05) is 24.6 Å². The van der Waals surface area contributed by atoms with E-state index in [0.717, 1.165) is 0 Å². The molecule has 0 radical (unpaired) electrons. The summed E-state index contributed by atoms with van der Waals surface area (Å²) in [4.78, 5) is 22.7. The molecule has 0 atom stereocenters. The molecule has 0 aliphatic carbocycles. The van der Waals surface area contributed by atoms with Gasteiger partial charge >= 0.3 is 5.97 Å². The van der Waals surface area contributed by atoms with Gasteiger partial charge in [0, 0.05) is 13.1 Å². The zero-order chi connectivity index (χ0) is 10.8. The summed E-state index contributed by atoms with van der Waals surface area (Å²) in [5.74, 6) is -1.85. The van der Waals surface area contributed by atoms with Crippen LogP contribution in [0.25, 0.3) is 0 Å². The molecular weight excluding hydrogens is 210 g/mol.